The van der Waals surface area contributed by atoms with Crippen LogP contribution >= 0.6 is 27.5 Å². The van der Waals surface area contributed by atoms with Gasteiger partial charge in [0.05, 0.1) is 43.1 Å². The Labute approximate surface area is 279 Å². The Bertz CT molecular complexity index is 1620. The van der Waals surface area contributed by atoms with Gasteiger partial charge in [0.1, 0.15) is 13.2 Å². The topological polar surface area (TPSA) is 149 Å². The van der Waals surface area contributed by atoms with E-state index >= 15 is 0 Å². The summed E-state index contributed by atoms with van der Waals surface area (Å²) in [6.07, 6.45) is 0.347. The zero-order valence-corrected chi connectivity index (χ0v) is 27.9. The first-order valence-corrected chi connectivity index (χ1v) is 15.3. The van der Waals surface area contributed by atoms with Gasteiger partial charge in [-0.1, -0.05) is 29.8 Å². The molecule has 0 aliphatic carbocycles. The van der Waals surface area contributed by atoms with Crippen molar-refractivity contribution in [2.24, 2.45) is 5.10 Å². The summed E-state index contributed by atoms with van der Waals surface area (Å²) in [6, 6.07) is 14.7. The summed E-state index contributed by atoms with van der Waals surface area (Å²) < 4.78 is 28.6. The van der Waals surface area contributed by atoms with E-state index in [0.29, 0.717) is 62.5 Å². The summed E-state index contributed by atoms with van der Waals surface area (Å²) >= 11 is 9.48. The molecule has 0 fully saturated rings. The second kappa shape index (κ2) is 16.2. The van der Waals surface area contributed by atoms with E-state index < -0.39 is 24.3 Å². The lowest BCUT2D eigenvalue weighted by Crippen LogP contribution is -2.45. The normalized spacial score (nSPS) is 15.1. The van der Waals surface area contributed by atoms with Crippen LogP contribution in [0.3, 0.4) is 0 Å². The van der Waals surface area contributed by atoms with Gasteiger partial charge in [-0.3, -0.25) is 5.43 Å². The highest BCUT2D eigenvalue weighted by atomic mass is 79.9. The number of urea groups is 1. The molecule has 14 heteroatoms. The van der Waals surface area contributed by atoms with Crippen molar-refractivity contribution in [3.8, 4) is 23.0 Å². The number of hydrogen-bond donors (Lipinski definition) is 4. The zero-order chi connectivity index (χ0) is 33.2. The highest BCUT2D eigenvalue weighted by molar-refractivity contribution is 9.10. The van der Waals surface area contributed by atoms with Crippen molar-refractivity contribution in [1.82, 2.24) is 16.1 Å². The van der Waals surface area contributed by atoms with Gasteiger partial charge in [0.2, 0.25) is 0 Å². The molecule has 1 aliphatic rings. The minimum atomic E-state index is -1.17. The van der Waals surface area contributed by atoms with Gasteiger partial charge in [0, 0.05) is 10.7 Å². The minimum absolute atomic E-state index is 0.169. The van der Waals surface area contributed by atoms with E-state index in [1.54, 1.807) is 56.5 Å². The molecule has 0 saturated heterocycles. The van der Waals surface area contributed by atoms with E-state index in [0.717, 1.165) is 5.56 Å². The summed E-state index contributed by atoms with van der Waals surface area (Å²) in [6.45, 7) is 3.91. The van der Waals surface area contributed by atoms with Crippen molar-refractivity contribution in [2.45, 2.75) is 32.7 Å². The number of hydrogen-bond acceptors (Lipinski definition) is 10. The molecule has 46 heavy (non-hydrogen) atoms. The summed E-state index contributed by atoms with van der Waals surface area (Å²) in [4.78, 5) is 24.6. The van der Waals surface area contributed by atoms with Crippen LogP contribution in [0.25, 0.3) is 0 Å². The molecule has 2 amide bonds. The van der Waals surface area contributed by atoms with Crippen molar-refractivity contribution in [2.75, 3.05) is 27.4 Å². The predicted molar refractivity (Wildman–Crippen MR) is 175 cm³/mol. The molecule has 2 atom stereocenters. The average molecular weight is 718 g/mol. The molecule has 0 unspecified atom stereocenters. The lowest BCUT2D eigenvalue weighted by atomic mass is 9.95. The largest absolute Gasteiger partial charge is 0.493 e. The number of nitrogens with one attached hydrogen (secondary N) is 3. The van der Waals surface area contributed by atoms with Gasteiger partial charge in [-0.05, 0) is 82.9 Å². The Kier molecular flexibility index (Phi) is 12.1. The van der Waals surface area contributed by atoms with E-state index in [2.05, 4.69) is 37.1 Å². The highest BCUT2D eigenvalue weighted by Crippen LogP contribution is 2.37. The van der Waals surface area contributed by atoms with Gasteiger partial charge < -0.3 is 39.4 Å². The zero-order valence-electron chi connectivity index (χ0n) is 25.6. The number of aliphatic hydroxyl groups excluding tert-OH is 1. The minimum Gasteiger partial charge on any atom is -0.493 e. The van der Waals surface area contributed by atoms with E-state index in [4.69, 9.17) is 35.3 Å². The van der Waals surface area contributed by atoms with E-state index in [-0.39, 0.29) is 12.2 Å². The molecule has 4 rings (SSSR count). The van der Waals surface area contributed by atoms with Crippen LogP contribution in [0.5, 0.6) is 23.0 Å². The van der Waals surface area contributed by atoms with Crippen LogP contribution in [0, 0.1) is 0 Å². The third kappa shape index (κ3) is 8.83. The molecule has 3 aromatic rings. The first-order chi connectivity index (χ1) is 22.1. The van der Waals surface area contributed by atoms with Gasteiger partial charge in [0.15, 0.2) is 29.2 Å². The number of rotatable bonds is 14. The Morgan fingerprint density at radius 1 is 1.09 bits per heavy atom. The number of esters is 1. The fraction of sp³-hybridized carbons (Fsp3) is 0.281. The number of methoxy groups -OCH3 is 2. The number of nitrogens with zero attached hydrogens (tertiary/aromatic N) is 1. The fourth-order valence-electron chi connectivity index (χ4n) is 4.51. The van der Waals surface area contributed by atoms with Crippen molar-refractivity contribution < 1.29 is 38.4 Å². The van der Waals surface area contributed by atoms with Crippen LogP contribution in [0.15, 0.2) is 75.4 Å². The van der Waals surface area contributed by atoms with Crippen molar-refractivity contribution in [3.05, 3.63) is 92.1 Å². The van der Waals surface area contributed by atoms with Crippen molar-refractivity contribution in [1.29, 1.82) is 0 Å². The van der Waals surface area contributed by atoms with Gasteiger partial charge in [-0.2, -0.15) is 5.10 Å². The second-order valence-corrected chi connectivity index (χ2v) is 11.2. The molecule has 0 bridgehead atoms. The van der Waals surface area contributed by atoms with E-state index in [1.807, 2.05) is 19.1 Å². The molecule has 12 nitrogen and oxygen atoms in total. The van der Waals surface area contributed by atoms with E-state index in [1.165, 1.54) is 13.3 Å². The molecular formula is C32H34BrClN4O8. The third-order valence-corrected chi connectivity index (χ3v) is 7.50. The van der Waals surface area contributed by atoms with Gasteiger partial charge in [-0.15, -0.1) is 0 Å². The molecule has 0 saturated carbocycles. The van der Waals surface area contributed by atoms with Crippen LogP contribution < -0.4 is 35.0 Å². The molecule has 0 spiro atoms. The number of carbonyl (C=O) groups excluding carboxylic acids is 2. The predicted octanol–water partition coefficient (Wildman–Crippen LogP) is 5.21. The SMILES string of the molecule is CCOc1cc([C@H]2NC(=O)NC(C)=C2C(=O)OC)ccc1OC[C@@H](O)N/N=C\c1cc(Br)c(OCc2ccc(Cl)cc2)c(OC)c1. The summed E-state index contributed by atoms with van der Waals surface area (Å²) in [5.74, 6) is 1.16. The lowest BCUT2D eigenvalue weighted by Gasteiger charge is -2.28. The van der Waals surface area contributed by atoms with Crippen LogP contribution in [-0.4, -0.2) is 57.0 Å². The van der Waals surface area contributed by atoms with Crippen LogP contribution in [0.1, 0.15) is 36.6 Å². The number of benzene rings is 3. The van der Waals surface area contributed by atoms with E-state index in [9.17, 15) is 14.7 Å². The van der Waals surface area contributed by atoms with Crippen molar-refractivity contribution in [3.63, 3.8) is 0 Å². The summed E-state index contributed by atoms with van der Waals surface area (Å²) in [7, 11) is 2.81. The van der Waals surface area contributed by atoms with Crippen molar-refractivity contribution >= 4 is 45.7 Å². The maximum Gasteiger partial charge on any atom is 0.337 e. The molecule has 0 aromatic heterocycles. The van der Waals surface area contributed by atoms with Crippen LogP contribution in [-0.2, 0) is 16.1 Å². The number of carbonyl (C=O) groups is 2. The Morgan fingerprint density at radius 3 is 2.54 bits per heavy atom. The first-order valence-electron chi connectivity index (χ1n) is 14.1. The molecular weight excluding hydrogens is 684 g/mol. The molecule has 1 aliphatic heterocycles. The van der Waals surface area contributed by atoms with Crippen LogP contribution in [0.4, 0.5) is 4.79 Å². The lowest BCUT2D eigenvalue weighted by molar-refractivity contribution is -0.136. The monoisotopic (exact) mass is 716 g/mol. The Balaban J connectivity index is 1.38. The second-order valence-electron chi connectivity index (χ2n) is 9.86. The number of allylic oxidation sites excluding steroid dienone is 1. The maximum atomic E-state index is 12.5. The maximum absolute atomic E-state index is 12.5. The fourth-order valence-corrected chi connectivity index (χ4v) is 5.21. The highest BCUT2D eigenvalue weighted by Gasteiger charge is 2.32. The number of halogens is 2. The van der Waals surface area contributed by atoms with Gasteiger partial charge in [0.25, 0.3) is 0 Å². The molecule has 3 aromatic carbocycles. The Morgan fingerprint density at radius 2 is 1.85 bits per heavy atom. The first kappa shape index (κ1) is 34.4. The molecule has 1 heterocycles. The Hall–Kier alpha value is -4.46. The van der Waals surface area contributed by atoms with Gasteiger partial charge >= 0.3 is 12.0 Å². The number of ether oxygens (including phenoxy) is 5. The van der Waals surface area contributed by atoms with Gasteiger partial charge in [-0.25, -0.2) is 9.59 Å². The molecule has 4 N–H and O–H groups in total. The van der Waals surface area contributed by atoms with Crippen LogP contribution in [0.2, 0.25) is 5.02 Å². The number of aliphatic hydroxyl groups is 1. The molecule has 0 radical (unpaired) electrons. The molecule has 244 valence electrons. The average Bonchev–Trinajstić information content (AvgIpc) is 3.03. The third-order valence-electron chi connectivity index (χ3n) is 6.66. The standard InChI is InChI=1S/C32H34BrClN4O8/c1-5-44-25-14-21(29-28(31(40)43-4)18(2)36-32(41)37-29)8-11-24(25)45-17-27(39)38-35-15-20-12-23(33)30(26(13-20)42-3)46-16-19-6-9-22(34)10-7-19/h6-15,27,29,38-39H,5,16-17H2,1-4H3,(H2,36,37,41)/b35-15-/t27-,29-/m1/s1. The quantitative estimate of drug-likeness (QED) is 0.0764. The summed E-state index contributed by atoms with van der Waals surface area (Å²) in [5.41, 5.74) is 5.48. The number of hydrazone groups is 1. The number of amides is 2. The smallest absolute Gasteiger partial charge is 0.337 e. The summed E-state index contributed by atoms with van der Waals surface area (Å²) in [5, 5.41) is 20.6.